The van der Waals surface area contributed by atoms with Gasteiger partial charge in [0.15, 0.2) is 5.65 Å². The van der Waals surface area contributed by atoms with Crippen molar-refractivity contribution < 1.29 is 13.6 Å². The number of carbonyl (C=O) groups is 1. The van der Waals surface area contributed by atoms with Gasteiger partial charge in [-0.1, -0.05) is 6.07 Å². The highest BCUT2D eigenvalue weighted by Gasteiger charge is 2.25. The van der Waals surface area contributed by atoms with E-state index in [-0.39, 0.29) is 22.5 Å². The van der Waals surface area contributed by atoms with Gasteiger partial charge in [-0.2, -0.15) is 0 Å². The van der Waals surface area contributed by atoms with Crippen molar-refractivity contribution in [3.63, 3.8) is 0 Å². The summed E-state index contributed by atoms with van der Waals surface area (Å²) < 4.78 is 29.4. The number of rotatable bonds is 3. The molecule has 5 N–H and O–H groups in total. The van der Waals surface area contributed by atoms with Crippen LogP contribution in [0.15, 0.2) is 16.9 Å². The predicted octanol–water partition coefficient (Wildman–Crippen LogP) is 1.33. The van der Waals surface area contributed by atoms with Crippen LogP contribution in [-0.4, -0.2) is 27.6 Å². The molecule has 0 aliphatic heterocycles. The van der Waals surface area contributed by atoms with Gasteiger partial charge in [-0.25, -0.2) is 4.98 Å². The SMILES string of the molecule is [2H]C([2H])([2H])c1nc2c([nH]c1=O)c(C(N)=O)c(N)n2-c1c(C)ccc(OC)c1C. The Morgan fingerprint density at radius 2 is 2.12 bits per heavy atom. The van der Waals surface area contributed by atoms with Crippen LogP contribution < -0.4 is 21.8 Å². The molecule has 2 heterocycles. The fourth-order valence-corrected chi connectivity index (χ4v) is 2.99. The third kappa shape index (κ3) is 2.34. The van der Waals surface area contributed by atoms with E-state index >= 15 is 0 Å². The number of fused-ring (bicyclic) bond motifs is 1. The molecule has 130 valence electrons. The molecular formula is C17H19N5O3. The third-order valence-electron chi connectivity index (χ3n) is 4.13. The van der Waals surface area contributed by atoms with Gasteiger partial charge < -0.3 is 21.2 Å². The molecule has 3 aromatic rings. The van der Waals surface area contributed by atoms with Gasteiger partial charge in [0, 0.05) is 9.68 Å². The fraction of sp³-hybridized carbons (Fsp3) is 0.235. The zero-order valence-electron chi connectivity index (χ0n) is 16.9. The number of ether oxygens (including phenoxy) is 1. The molecule has 0 radical (unpaired) electrons. The molecule has 0 saturated carbocycles. The van der Waals surface area contributed by atoms with Crippen LogP contribution in [0.5, 0.6) is 5.75 Å². The summed E-state index contributed by atoms with van der Waals surface area (Å²) in [5.41, 5.74) is 11.9. The molecule has 0 spiro atoms. The maximum absolute atomic E-state index is 12.2. The summed E-state index contributed by atoms with van der Waals surface area (Å²) >= 11 is 0. The predicted molar refractivity (Wildman–Crippen MR) is 95.4 cm³/mol. The van der Waals surface area contributed by atoms with E-state index < -0.39 is 24.0 Å². The largest absolute Gasteiger partial charge is 0.496 e. The van der Waals surface area contributed by atoms with Gasteiger partial charge in [0.25, 0.3) is 11.5 Å². The van der Waals surface area contributed by atoms with Crippen LogP contribution in [0.25, 0.3) is 16.9 Å². The van der Waals surface area contributed by atoms with Gasteiger partial charge in [0.1, 0.15) is 28.3 Å². The zero-order valence-corrected chi connectivity index (χ0v) is 13.9. The van der Waals surface area contributed by atoms with E-state index in [1.54, 1.807) is 19.1 Å². The van der Waals surface area contributed by atoms with Crippen molar-refractivity contribution in [3.8, 4) is 11.4 Å². The van der Waals surface area contributed by atoms with E-state index in [0.717, 1.165) is 5.56 Å². The van der Waals surface area contributed by atoms with Gasteiger partial charge in [-0.15, -0.1) is 0 Å². The van der Waals surface area contributed by atoms with E-state index in [2.05, 4.69) is 9.97 Å². The maximum atomic E-state index is 12.2. The zero-order chi connectivity index (χ0) is 21.0. The molecule has 0 unspecified atom stereocenters. The number of nitrogen functional groups attached to an aromatic ring is 1. The molecule has 1 aromatic carbocycles. The Kier molecular flexibility index (Phi) is 2.95. The molecule has 0 aliphatic carbocycles. The topological polar surface area (TPSA) is 129 Å². The molecule has 0 aliphatic rings. The van der Waals surface area contributed by atoms with Crippen LogP contribution >= 0.6 is 0 Å². The van der Waals surface area contributed by atoms with Crippen molar-refractivity contribution in [2.24, 2.45) is 5.73 Å². The minimum absolute atomic E-state index is 0.0106. The van der Waals surface area contributed by atoms with Gasteiger partial charge >= 0.3 is 0 Å². The summed E-state index contributed by atoms with van der Waals surface area (Å²) in [5.74, 6) is -0.380. The lowest BCUT2D eigenvalue weighted by molar-refractivity contribution is 0.100. The summed E-state index contributed by atoms with van der Waals surface area (Å²) in [6, 6.07) is 3.56. The van der Waals surface area contributed by atoms with Gasteiger partial charge in [0.2, 0.25) is 0 Å². The van der Waals surface area contributed by atoms with Crippen molar-refractivity contribution in [3.05, 3.63) is 44.9 Å². The first-order chi connectivity index (χ1) is 13.0. The fourth-order valence-electron chi connectivity index (χ4n) is 2.99. The number of amides is 1. The molecule has 8 heteroatoms. The van der Waals surface area contributed by atoms with Crippen LogP contribution in [0, 0.1) is 20.7 Å². The smallest absolute Gasteiger partial charge is 0.269 e. The number of benzene rings is 1. The highest BCUT2D eigenvalue weighted by Crippen LogP contribution is 2.34. The normalized spacial score (nSPS) is 13.3. The van der Waals surface area contributed by atoms with Crippen LogP contribution in [-0.2, 0) is 0 Å². The number of nitrogens with one attached hydrogen (secondary N) is 1. The first-order valence-electron chi connectivity index (χ1n) is 8.88. The van der Waals surface area contributed by atoms with Crippen molar-refractivity contribution in [2.45, 2.75) is 20.7 Å². The van der Waals surface area contributed by atoms with Crippen molar-refractivity contribution in [2.75, 3.05) is 12.8 Å². The molecule has 2 aromatic heterocycles. The lowest BCUT2D eigenvalue weighted by atomic mass is 10.1. The molecule has 0 fully saturated rings. The highest BCUT2D eigenvalue weighted by molar-refractivity contribution is 6.09. The van der Waals surface area contributed by atoms with E-state index in [1.807, 2.05) is 6.92 Å². The van der Waals surface area contributed by atoms with E-state index in [1.165, 1.54) is 11.7 Å². The number of nitrogens with zero attached hydrogens (tertiary/aromatic N) is 2. The number of nitrogens with two attached hydrogens (primary N) is 2. The summed E-state index contributed by atoms with van der Waals surface area (Å²) in [4.78, 5) is 30.7. The molecule has 8 nitrogen and oxygen atoms in total. The standard InChI is InChI=1S/C17H19N5O3/c1-7-5-6-10(25-4)8(2)13(7)22-14(18)11(15(19)23)12-16(22)20-9(3)17(24)21-12/h5-6H,18H2,1-4H3,(H2,19,23)(H,21,24)/i3D3. The van der Waals surface area contributed by atoms with Crippen LogP contribution in [0.1, 0.15) is 31.3 Å². The third-order valence-corrected chi connectivity index (χ3v) is 4.13. The van der Waals surface area contributed by atoms with Crippen LogP contribution in [0.2, 0.25) is 0 Å². The summed E-state index contributed by atoms with van der Waals surface area (Å²) in [6.07, 6.45) is 0. The second kappa shape index (κ2) is 5.66. The number of aryl methyl sites for hydroxylation is 2. The Bertz CT molecular complexity index is 1180. The molecule has 0 atom stereocenters. The average Bonchev–Trinajstić information content (AvgIpc) is 2.85. The van der Waals surface area contributed by atoms with Crippen LogP contribution in [0.4, 0.5) is 5.82 Å². The molecule has 1 amide bonds. The number of methoxy groups -OCH3 is 1. The Balaban J connectivity index is 2.56. The van der Waals surface area contributed by atoms with Crippen molar-refractivity contribution in [1.82, 2.24) is 14.5 Å². The Morgan fingerprint density at radius 3 is 2.72 bits per heavy atom. The van der Waals surface area contributed by atoms with Gasteiger partial charge in [0.05, 0.1) is 12.8 Å². The average molecular weight is 344 g/mol. The van der Waals surface area contributed by atoms with Crippen molar-refractivity contribution in [1.29, 1.82) is 0 Å². The van der Waals surface area contributed by atoms with E-state index in [4.69, 9.17) is 20.3 Å². The summed E-state index contributed by atoms with van der Waals surface area (Å²) in [6.45, 7) is 0.844. The Morgan fingerprint density at radius 1 is 1.40 bits per heavy atom. The Hall–Kier alpha value is -3.29. The lowest BCUT2D eigenvalue weighted by Gasteiger charge is -2.16. The first-order valence-corrected chi connectivity index (χ1v) is 7.38. The number of hydrogen-bond donors (Lipinski definition) is 3. The number of carbonyl (C=O) groups excluding carboxylic acids is 1. The Labute approximate surface area is 147 Å². The highest BCUT2D eigenvalue weighted by atomic mass is 16.5. The number of anilines is 1. The van der Waals surface area contributed by atoms with Crippen LogP contribution in [0.3, 0.4) is 0 Å². The number of hydrogen-bond acceptors (Lipinski definition) is 5. The molecule has 3 rings (SSSR count). The lowest BCUT2D eigenvalue weighted by Crippen LogP contribution is -2.16. The molecule has 0 bridgehead atoms. The second-order valence-corrected chi connectivity index (χ2v) is 5.63. The number of aromatic nitrogens is 3. The van der Waals surface area contributed by atoms with E-state index in [0.29, 0.717) is 17.0 Å². The summed E-state index contributed by atoms with van der Waals surface area (Å²) in [5, 5.41) is 0. The second-order valence-electron chi connectivity index (χ2n) is 5.63. The van der Waals surface area contributed by atoms with E-state index in [9.17, 15) is 9.59 Å². The van der Waals surface area contributed by atoms with Gasteiger partial charge in [-0.05, 0) is 32.3 Å². The number of aromatic amines is 1. The maximum Gasteiger partial charge on any atom is 0.269 e. The number of primary amides is 1. The molecule has 0 saturated heterocycles. The first kappa shape index (κ1) is 13.1. The van der Waals surface area contributed by atoms with Gasteiger partial charge in [-0.3, -0.25) is 14.2 Å². The number of H-pyrrole nitrogens is 1. The summed E-state index contributed by atoms with van der Waals surface area (Å²) in [7, 11) is 1.51. The monoisotopic (exact) mass is 344 g/mol. The van der Waals surface area contributed by atoms with Crippen molar-refractivity contribution >= 4 is 22.9 Å². The minimum atomic E-state index is -2.75. The molecule has 25 heavy (non-hydrogen) atoms. The minimum Gasteiger partial charge on any atom is -0.496 e. The molecular weight excluding hydrogens is 322 g/mol. The quantitative estimate of drug-likeness (QED) is 0.660.